The van der Waals surface area contributed by atoms with Crippen molar-refractivity contribution in [2.75, 3.05) is 19.1 Å². The number of ether oxygens (including phenoxy) is 1. The van der Waals surface area contributed by atoms with Crippen LogP contribution in [0.3, 0.4) is 0 Å². The second-order valence-electron chi connectivity index (χ2n) is 10.3. The number of hydrogen-bond acceptors (Lipinski definition) is 7. The minimum absolute atomic E-state index is 0.0382. The predicted molar refractivity (Wildman–Crippen MR) is 144 cm³/mol. The van der Waals surface area contributed by atoms with Crippen molar-refractivity contribution in [1.82, 2.24) is 5.01 Å². The molecule has 9 nitrogen and oxygen atoms in total. The number of benzene rings is 2. The molecule has 1 aliphatic heterocycles. The number of carbonyl (C=O) groups excluding carboxylic acids is 2. The van der Waals surface area contributed by atoms with Gasteiger partial charge in [-0.2, -0.15) is 5.10 Å². The molecule has 0 aliphatic carbocycles. The maximum Gasteiger partial charge on any atom is 0.329 e. The van der Waals surface area contributed by atoms with Gasteiger partial charge in [0.15, 0.2) is 12.8 Å². The van der Waals surface area contributed by atoms with Crippen molar-refractivity contribution in [3.05, 3.63) is 71.8 Å². The van der Waals surface area contributed by atoms with E-state index in [4.69, 9.17) is 9.26 Å². The van der Waals surface area contributed by atoms with Gasteiger partial charge in [0, 0.05) is 12.6 Å². The van der Waals surface area contributed by atoms with E-state index in [0.717, 1.165) is 17.0 Å². The lowest BCUT2D eigenvalue weighted by Crippen LogP contribution is -2.40. The summed E-state index contributed by atoms with van der Waals surface area (Å²) < 4.78 is 24.5. The number of hydrazone groups is 1. The summed E-state index contributed by atoms with van der Waals surface area (Å²) in [4.78, 5) is 37.3. The normalized spacial score (nSPS) is 17.0. The third-order valence-corrected chi connectivity index (χ3v) is 8.41. The highest BCUT2D eigenvalue weighted by Gasteiger charge is 2.40. The van der Waals surface area contributed by atoms with Crippen LogP contribution in [-0.4, -0.2) is 58.8 Å². The number of esters is 1. The van der Waals surface area contributed by atoms with Gasteiger partial charge < -0.3 is 9.84 Å². The predicted octanol–water partition coefficient (Wildman–Crippen LogP) is 4.94. The summed E-state index contributed by atoms with van der Waals surface area (Å²) in [5, 5.41) is 14.9. The molecule has 204 valence electrons. The van der Waals surface area contributed by atoms with Gasteiger partial charge in [0.05, 0.1) is 11.1 Å². The summed E-state index contributed by atoms with van der Waals surface area (Å²) >= 11 is 0. The first-order chi connectivity index (χ1) is 18.0. The van der Waals surface area contributed by atoms with E-state index < -0.39 is 49.6 Å². The molecule has 10 heteroatoms. The number of amides is 1. The number of aliphatic carboxylic acids is 1. The molecule has 1 aliphatic rings. The zero-order valence-corrected chi connectivity index (χ0v) is 22.9. The fourth-order valence-corrected chi connectivity index (χ4v) is 5.81. The molecular weight excluding hydrogens is 507 g/mol. The van der Waals surface area contributed by atoms with E-state index in [2.05, 4.69) is 5.10 Å². The lowest BCUT2D eigenvalue weighted by molar-refractivity contribution is -0.159. The highest BCUT2D eigenvalue weighted by Crippen LogP contribution is 2.48. The summed E-state index contributed by atoms with van der Waals surface area (Å²) in [6, 6.07) is 17.6. The molecule has 1 heterocycles. The number of rotatable bonds is 12. The summed E-state index contributed by atoms with van der Waals surface area (Å²) in [5.41, 5.74) is 1.54. The summed E-state index contributed by atoms with van der Waals surface area (Å²) in [5.74, 6) is -2.44. The van der Waals surface area contributed by atoms with Crippen molar-refractivity contribution >= 4 is 30.9 Å². The van der Waals surface area contributed by atoms with Gasteiger partial charge in [0.25, 0.3) is 5.91 Å². The smallest absolute Gasteiger partial charge is 0.329 e. The largest absolute Gasteiger partial charge is 0.480 e. The third-order valence-electron chi connectivity index (χ3n) is 6.08. The highest BCUT2D eigenvalue weighted by atomic mass is 31.2. The van der Waals surface area contributed by atoms with E-state index in [1.165, 1.54) is 0 Å². The molecule has 0 saturated carbocycles. The number of carboxylic acid groups (broad SMARTS) is 1. The maximum atomic E-state index is 13.8. The van der Waals surface area contributed by atoms with Crippen LogP contribution >= 0.6 is 7.37 Å². The van der Waals surface area contributed by atoms with Gasteiger partial charge in [-0.3, -0.25) is 18.7 Å². The topological polar surface area (TPSA) is 123 Å². The lowest BCUT2D eigenvalue weighted by Gasteiger charge is -2.23. The number of hydrogen-bond donors (Lipinski definition) is 1. The monoisotopic (exact) mass is 542 g/mol. The molecule has 3 rings (SSSR count). The van der Waals surface area contributed by atoms with Crippen molar-refractivity contribution in [3.8, 4) is 0 Å². The van der Waals surface area contributed by atoms with Gasteiger partial charge in [-0.25, -0.2) is 9.80 Å². The Morgan fingerprint density at radius 3 is 2.26 bits per heavy atom. The van der Waals surface area contributed by atoms with E-state index in [1.54, 1.807) is 45.0 Å². The SMILES string of the molecule is CC(C)(C)C(=O)OCOP(=O)(CCCCc1ccccc1)CC(=O)N1N=C(c2ccccc2)C[C@@H]1C(=O)O. The van der Waals surface area contributed by atoms with Crippen LogP contribution in [0.5, 0.6) is 0 Å². The van der Waals surface area contributed by atoms with Crippen LogP contribution in [-0.2, 0) is 34.6 Å². The van der Waals surface area contributed by atoms with Gasteiger partial charge >= 0.3 is 11.9 Å². The first-order valence-electron chi connectivity index (χ1n) is 12.6. The fourth-order valence-electron chi connectivity index (χ4n) is 3.92. The quantitative estimate of drug-likeness (QED) is 0.174. The van der Waals surface area contributed by atoms with Crippen molar-refractivity contribution in [1.29, 1.82) is 0 Å². The second kappa shape index (κ2) is 13.0. The molecule has 1 amide bonds. The Hall–Kier alpha value is -3.29. The van der Waals surface area contributed by atoms with Crippen LogP contribution in [0.15, 0.2) is 65.8 Å². The Morgan fingerprint density at radius 1 is 1.03 bits per heavy atom. The lowest BCUT2D eigenvalue weighted by atomic mass is 9.98. The highest BCUT2D eigenvalue weighted by molar-refractivity contribution is 7.59. The molecule has 2 atom stereocenters. The van der Waals surface area contributed by atoms with Gasteiger partial charge in [-0.05, 0) is 51.2 Å². The Bertz CT molecular complexity index is 1190. The molecule has 0 fully saturated rings. The van der Waals surface area contributed by atoms with E-state index >= 15 is 0 Å². The Balaban J connectivity index is 1.71. The third kappa shape index (κ3) is 8.36. The van der Waals surface area contributed by atoms with Crippen LogP contribution in [0.25, 0.3) is 0 Å². The van der Waals surface area contributed by atoms with Gasteiger partial charge in [0.1, 0.15) is 6.16 Å². The number of nitrogens with zero attached hydrogens (tertiary/aromatic N) is 2. The maximum absolute atomic E-state index is 13.8. The van der Waals surface area contributed by atoms with E-state index in [1.807, 2.05) is 36.4 Å². The number of carbonyl (C=O) groups is 3. The van der Waals surface area contributed by atoms with Crippen LogP contribution in [0, 0.1) is 5.41 Å². The minimum atomic E-state index is -3.64. The first kappa shape index (κ1) is 29.3. The van der Waals surface area contributed by atoms with Crippen molar-refractivity contribution in [2.45, 2.75) is 52.5 Å². The molecule has 0 bridgehead atoms. The van der Waals surface area contributed by atoms with Gasteiger partial charge in [-0.1, -0.05) is 60.7 Å². The van der Waals surface area contributed by atoms with Crippen molar-refractivity contribution in [2.24, 2.45) is 10.5 Å². The molecule has 0 aromatic heterocycles. The summed E-state index contributed by atoms with van der Waals surface area (Å²) in [6.45, 7) is 4.50. The van der Waals surface area contributed by atoms with E-state index in [9.17, 15) is 24.1 Å². The molecule has 2 aromatic rings. The van der Waals surface area contributed by atoms with E-state index in [-0.39, 0.29) is 12.6 Å². The summed E-state index contributed by atoms with van der Waals surface area (Å²) in [6.07, 6.45) is 1.57. The number of aryl methyl sites for hydroxylation is 1. The van der Waals surface area contributed by atoms with Gasteiger partial charge in [-0.15, -0.1) is 0 Å². The minimum Gasteiger partial charge on any atom is -0.480 e. The Kier molecular flexibility index (Phi) is 10.00. The second-order valence-corrected chi connectivity index (χ2v) is 12.9. The zero-order valence-electron chi connectivity index (χ0n) is 22.0. The van der Waals surface area contributed by atoms with Crippen LogP contribution in [0.1, 0.15) is 51.2 Å². The van der Waals surface area contributed by atoms with Crippen LogP contribution in [0.2, 0.25) is 0 Å². The Labute approximate surface area is 223 Å². The molecule has 1 unspecified atom stereocenters. The van der Waals surface area contributed by atoms with Crippen LogP contribution in [0.4, 0.5) is 0 Å². The van der Waals surface area contributed by atoms with Crippen LogP contribution < -0.4 is 0 Å². The fraction of sp³-hybridized carbons (Fsp3) is 0.429. The molecule has 0 saturated heterocycles. The Morgan fingerprint density at radius 2 is 1.66 bits per heavy atom. The molecular formula is C28H35N2O7P. The van der Waals surface area contributed by atoms with Gasteiger partial charge in [0.2, 0.25) is 7.37 Å². The summed E-state index contributed by atoms with van der Waals surface area (Å²) in [7, 11) is -3.64. The zero-order chi connectivity index (χ0) is 27.8. The number of carboxylic acids is 1. The molecule has 2 aromatic carbocycles. The average molecular weight is 543 g/mol. The molecule has 0 spiro atoms. The molecule has 0 radical (unpaired) electrons. The van der Waals surface area contributed by atoms with E-state index in [0.29, 0.717) is 24.1 Å². The number of unbranched alkanes of at least 4 members (excludes halogenated alkanes) is 1. The standard InChI is InChI=1S/C28H35N2O7P/c1-28(2,3)27(34)36-20-37-38(35,17-11-10-14-21-12-6-4-7-13-21)19-25(31)30-24(26(32)33)18-23(29-30)22-15-8-5-9-16-22/h4-9,12-13,15-16,24H,10-11,14,17-20H2,1-3H3,(H,32,33)/t24-,38?/m1/s1. The first-order valence-corrected chi connectivity index (χ1v) is 14.6. The molecule has 38 heavy (non-hydrogen) atoms. The van der Waals surface area contributed by atoms with Crippen molar-refractivity contribution < 1.29 is 33.3 Å². The average Bonchev–Trinajstić information content (AvgIpc) is 3.34. The van der Waals surface area contributed by atoms with Crippen molar-refractivity contribution in [3.63, 3.8) is 0 Å². The molecule has 1 N–H and O–H groups in total.